The Morgan fingerprint density at radius 3 is 2.94 bits per heavy atom. The van der Waals surface area contributed by atoms with Gasteiger partial charge >= 0.3 is 0 Å². The van der Waals surface area contributed by atoms with Crippen molar-refractivity contribution in [1.29, 1.82) is 0 Å². The predicted octanol–water partition coefficient (Wildman–Crippen LogP) is 2.95. The Bertz CT molecular complexity index is 362. The number of fused-ring (bicyclic) bond motifs is 1. The van der Waals surface area contributed by atoms with Crippen molar-refractivity contribution in [3.8, 4) is 0 Å². The van der Waals surface area contributed by atoms with E-state index in [2.05, 4.69) is 55.4 Å². The summed E-state index contributed by atoms with van der Waals surface area (Å²) in [4.78, 5) is 2.53. The maximum absolute atomic E-state index is 3.52. The van der Waals surface area contributed by atoms with Gasteiger partial charge in [0.25, 0.3) is 0 Å². The number of hydrogen-bond donors (Lipinski definition) is 1. The molecule has 2 unspecified atom stereocenters. The summed E-state index contributed by atoms with van der Waals surface area (Å²) >= 11 is 0. The monoisotopic (exact) mass is 232 g/mol. The number of nitrogens with one attached hydrogen (secondary N) is 1. The van der Waals surface area contributed by atoms with Gasteiger partial charge in [-0.2, -0.15) is 0 Å². The Labute approximate surface area is 105 Å². The van der Waals surface area contributed by atoms with Crippen molar-refractivity contribution in [2.75, 3.05) is 13.6 Å². The van der Waals surface area contributed by atoms with Gasteiger partial charge < -0.3 is 5.32 Å². The minimum absolute atomic E-state index is 0.566. The quantitative estimate of drug-likeness (QED) is 0.862. The van der Waals surface area contributed by atoms with Crippen molar-refractivity contribution < 1.29 is 0 Å². The zero-order chi connectivity index (χ0) is 12.3. The van der Waals surface area contributed by atoms with Crippen LogP contribution in [0.15, 0.2) is 24.3 Å². The first-order valence-corrected chi connectivity index (χ1v) is 6.74. The van der Waals surface area contributed by atoms with Crippen LogP contribution in [0.5, 0.6) is 0 Å². The van der Waals surface area contributed by atoms with Crippen molar-refractivity contribution in [3.63, 3.8) is 0 Å². The molecule has 1 heterocycles. The van der Waals surface area contributed by atoms with Gasteiger partial charge in [0.1, 0.15) is 0 Å². The van der Waals surface area contributed by atoms with Crippen LogP contribution in [-0.4, -0.2) is 24.5 Å². The van der Waals surface area contributed by atoms with Gasteiger partial charge in [-0.3, -0.25) is 4.90 Å². The fraction of sp³-hybridized carbons (Fsp3) is 0.600. The molecule has 2 heteroatoms. The molecule has 0 aromatic heterocycles. The second-order valence-electron chi connectivity index (χ2n) is 5.10. The molecule has 0 fully saturated rings. The van der Waals surface area contributed by atoms with Crippen molar-refractivity contribution in [3.05, 3.63) is 35.4 Å². The van der Waals surface area contributed by atoms with E-state index in [-0.39, 0.29) is 0 Å². The van der Waals surface area contributed by atoms with E-state index >= 15 is 0 Å². The zero-order valence-electron chi connectivity index (χ0n) is 11.2. The first-order chi connectivity index (χ1) is 8.24. The summed E-state index contributed by atoms with van der Waals surface area (Å²) in [6, 6.07) is 10.1. The topological polar surface area (TPSA) is 15.3 Å². The highest BCUT2D eigenvalue weighted by molar-refractivity contribution is 5.31. The molecule has 0 spiro atoms. The first kappa shape index (κ1) is 12.6. The summed E-state index contributed by atoms with van der Waals surface area (Å²) in [7, 11) is 2.26. The van der Waals surface area contributed by atoms with Gasteiger partial charge in [-0.25, -0.2) is 0 Å². The summed E-state index contributed by atoms with van der Waals surface area (Å²) in [6.45, 7) is 6.71. The van der Waals surface area contributed by atoms with Crippen LogP contribution >= 0.6 is 0 Å². The number of nitrogens with zero attached hydrogens (tertiary/aromatic N) is 1. The van der Waals surface area contributed by atoms with Crippen LogP contribution in [0.3, 0.4) is 0 Å². The van der Waals surface area contributed by atoms with Crippen LogP contribution in [0.4, 0.5) is 0 Å². The summed E-state index contributed by atoms with van der Waals surface area (Å²) in [5, 5.41) is 3.52. The van der Waals surface area contributed by atoms with Crippen LogP contribution in [0, 0.1) is 0 Å². The summed E-state index contributed by atoms with van der Waals surface area (Å²) < 4.78 is 0. The molecule has 0 saturated carbocycles. The van der Waals surface area contributed by atoms with Gasteiger partial charge in [0.15, 0.2) is 0 Å². The molecular formula is C15H24N2. The van der Waals surface area contributed by atoms with Gasteiger partial charge in [0.05, 0.1) is 0 Å². The zero-order valence-corrected chi connectivity index (χ0v) is 11.2. The lowest BCUT2D eigenvalue weighted by Crippen LogP contribution is -2.33. The lowest BCUT2D eigenvalue weighted by molar-refractivity contribution is 0.173. The minimum Gasteiger partial charge on any atom is -0.313 e. The highest BCUT2D eigenvalue weighted by Crippen LogP contribution is 2.29. The number of benzene rings is 1. The number of hydrogen-bond acceptors (Lipinski definition) is 2. The largest absolute Gasteiger partial charge is 0.313 e. The van der Waals surface area contributed by atoms with Crippen LogP contribution < -0.4 is 5.32 Å². The standard InChI is InChI=1S/C15H24N2/c1-4-12(2)17(3)15-9-10-16-11-13-7-5-6-8-14(13)15/h5-8,12,15-16H,4,9-11H2,1-3H3. The van der Waals surface area contributed by atoms with E-state index in [1.165, 1.54) is 24.0 Å². The molecule has 94 valence electrons. The highest BCUT2D eigenvalue weighted by atomic mass is 15.2. The Morgan fingerprint density at radius 2 is 2.18 bits per heavy atom. The SMILES string of the molecule is CCC(C)N(C)C1CCNCc2ccccc21. The smallest absolute Gasteiger partial charge is 0.0363 e. The van der Waals surface area contributed by atoms with Crippen molar-refractivity contribution >= 4 is 0 Å². The highest BCUT2D eigenvalue weighted by Gasteiger charge is 2.24. The molecule has 1 N–H and O–H groups in total. The average molecular weight is 232 g/mol. The van der Waals surface area contributed by atoms with Crippen LogP contribution in [0.1, 0.15) is 43.9 Å². The molecule has 2 nitrogen and oxygen atoms in total. The Morgan fingerprint density at radius 1 is 1.41 bits per heavy atom. The van der Waals surface area contributed by atoms with E-state index in [0.29, 0.717) is 12.1 Å². The maximum atomic E-state index is 3.52. The molecule has 1 aromatic carbocycles. The van der Waals surface area contributed by atoms with Crippen molar-refractivity contribution in [2.45, 2.75) is 45.3 Å². The van der Waals surface area contributed by atoms with Crippen LogP contribution in [0.2, 0.25) is 0 Å². The van der Waals surface area contributed by atoms with Gasteiger partial charge in [-0.1, -0.05) is 31.2 Å². The van der Waals surface area contributed by atoms with Gasteiger partial charge in [-0.05, 0) is 44.5 Å². The third-order valence-electron chi connectivity index (χ3n) is 4.10. The molecule has 1 aromatic rings. The summed E-state index contributed by atoms with van der Waals surface area (Å²) in [5.41, 5.74) is 2.98. The molecule has 0 amide bonds. The molecule has 2 atom stereocenters. The van der Waals surface area contributed by atoms with E-state index < -0.39 is 0 Å². The number of rotatable bonds is 3. The lowest BCUT2D eigenvalue weighted by atomic mass is 9.97. The van der Waals surface area contributed by atoms with E-state index in [9.17, 15) is 0 Å². The predicted molar refractivity (Wildman–Crippen MR) is 73.0 cm³/mol. The fourth-order valence-corrected chi connectivity index (χ4v) is 2.66. The normalized spacial score (nSPS) is 22.0. The molecule has 17 heavy (non-hydrogen) atoms. The fourth-order valence-electron chi connectivity index (χ4n) is 2.66. The van der Waals surface area contributed by atoms with Gasteiger partial charge in [-0.15, -0.1) is 0 Å². The second kappa shape index (κ2) is 5.65. The van der Waals surface area contributed by atoms with Crippen molar-refractivity contribution in [1.82, 2.24) is 10.2 Å². The second-order valence-corrected chi connectivity index (χ2v) is 5.10. The van der Waals surface area contributed by atoms with E-state index in [0.717, 1.165) is 13.1 Å². The van der Waals surface area contributed by atoms with Crippen LogP contribution in [-0.2, 0) is 6.54 Å². The van der Waals surface area contributed by atoms with Crippen molar-refractivity contribution in [2.24, 2.45) is 0 Å². The van der Waals surface area contributed by atoms with E-state index in [1.807, 2.05) is 0 Å². The molecule has 0 aliphatic carbocycles. The molecule has 1 aliphatic rings. The van der Waals surface area contributed by atoms with Gasteiger partial charge in [0.2, 0.25) is 0 Å². The Balaban J connectivity index is 2.28. The first-order valence-electron chi connectivity index (χ1n) is 6.74. The third kappa shape index (κ3) is 2.70. The molecule has 0 saturated heterocycles. The minimum atomic E-state index is 0.566. The lowest BCUT2D eigenvalue weighted by Gasteiger charge is -2.33. The summed E-state index contributed by atoms with van der Waals surface area (Å²) in [6.07, 6.45) is 2.42. The molecule has 0 radical (unpaired) electrons. The maximum Gasteiger partial charge on any atom is 0.0363 e. The third-order valence-corrected chi connectivity index (χ3v) is 4.10. The van der Waals surface area contributed by atoms with Gasteiger partial charge in [0, 0.05) is 18.6 Å². The molecule has 1 aliphatic heterocycles. The van der Waals surface area contributed by atoms with E-state index in [1.54, 1.807) is 0 Å². The molecular weight excluding hydrogens is 208 g/mol. The van der Waals surface area contributed by atoms with E-state index in [4.69, 9.17) is 0 Å². The molecule has 2 rings (SSSR count). The van der Waals surface area contributed by atoms with Crippen LogP contribution in [0.25, 0.3) is 0 Å². The summed E-state index contributed by atoms with van der Waals surface area (Å²) in [5.74, 6) is 0. The Hall–Kier alpha value is -0.860. The average Bonchev–Trinajstić information content (AvgIpc) is 2.59. The Kier molecular flexibility index (Phi) is 4.19. The molecule has 0 bridgehead atoms.